The molecule has 6 heteroatoms. The Balaban J connectivity index is 2.05. The van der Waals surface area contributed by atoms with E-state index in [1.54, 1.807) is 12.1 Å². The molecule has 2 rings (SSSR count). The smallest absolute Gasteiger partial charge is 0.242 e. The average molecular weight is 397 g/mol. The van der Waals surface area contributed by atoms with Crippen molar-refractivity contribution in [1.29, 1.82) is 0 Å². The van der Waals surface area contributed by atoms with Gasteiger partial charge in [-0.25, -0.2) is 0 Å². The maximum Gasteiger partial charge on any atom is 0.242 e. The van der Waals surface area contributed by atoms with Crippen molar-refractivity contribution < 1.29 is 4.79 Å². The van der Waals surface area contributed by atoms with E-state index in [9.17, 15) is 4.79 Å². The molecule has 1 aromatic rings. The highest BCUT2D eigenvalue weighted by atomic mass is 79.9. The summed E-state index contributed by atoms with van der Waals surface area (Å²) >= 11 is 12.8. The van der Waals surface area contributed by atoms with Crippen molar-refractivity contribution in [3.8, 4) is 0 Å². The van der Waals surface area contributed by atoms with Crippen LogP contribution in [-0.4, -0.2) is 18.0 Å². The fourth-order valence-electron chi connectivity index (χ4n) is 1.52. The summed E-state index contributed by atoms with van der Waals surface area (Å²) in [4.78, 5) is 11.9. The van der Waals surface area contributed by atoms with Crippen molar-refractivity contribution in [2.45, 2.75) is 31.8 Å². The average Bonchev–Trinajstić information content (AvgIpc) is 3.06. The molecule has 3 nitrogen and oxygen atoms in total. The van der Waals surface area contributed by atoms with Crippen LogP contribution in [0.25, 0.3) is 0 Å². The standard InChI is InChI=1S/C12H13Br2ClN2O/c1-6(12(18)17-8-2-3-8)16-11-9(13)4-7(15)5-10(11)14/h4-6,8,16H,2-3H2,1H3,(H,17,18). The van der Waals surface area contributed by atoms with E-state index < -0.39 is 0 Å². The molecule has 1 aliphatic carbocycles. The van der Waals surface area contributed by atoms with Gasteiger partial charge in [-0.15, -0.1) is 0 Å². The lowest BCUT2D eigenvalue weighted by Gasteiger charge is -2.17. The predicted molar refractivity (Wildman–Crippen MR) is 81.1 cm³/mol. The Labute approximate surface area is 128 Å². The third-order valence-corrected chi connectivity index (χ3v) is 4.15. The SMILES string of the molecule is CC(Nc1c(Br)cc(Cl)cc1Br)C(=O)NC1CC1. The highest BCUT2D eigenvalue weighted by molar-refractivity contribution is 9.11. The Morgan fingerprint density at radius 2 is 1.94 bits per heavy atom. The molecule has 0 heterocycles. The van der Waals surface area contributed by atoms with Gasteiger partial charge in [0.25, 0.3) is 0 Å². The van der Waals surface area contributed by atoms with Crippen LogP contribution in [-0.2, 0) is 4.79 Å². The Morgan fingerprint density at radius 1 is 1.39 bits per heavy atom. The maximum atomic E-state index is 11.9. The fourth-order valence-corrected chi connectivity index (χ4v) is 3.41. The van der Waals surface area contributed by atoms with Gasteiger partial charge in [0.2, 0.25) is 5.91 Å². The monoisotopic (exact) mass is 394 g/mol. The van der Waals surface area contributed by atoms with Crippen LogP contribution in [0, 0.1) is 0 Å². The second-order valence-electron chi connectivity index (χ2n) is 4.39. The molecule has 1 saturated carbocycles. The minimum atomic E-state index is -0.292. The third-order valence-electron chi connectivity index (χ3n) is 2.68. The Kier molecular flexibility index (Phi) is 4.56. The van der Waals surface area contributed by atoms with Gasteiger partial charge in [-0.3, -0.25) is 4.79 Å². The Hall–Kier alpha value is -0.260. The van der Waals surface area contributed by atoms with Gasteiger partial charge in [-0.2, -0.15) is 0 Å². The number of hydrogen-bond donors (Lipinski definition) is 2. The lowest BCUT2D eigenvalue weighted by molar-refractivity contribution is -0.121. The minimum Gasteiger partial charge on any atom is -0.372 e. The summed E-state index contributed by atoms with van der Waals surface area (Å²) in [5, 5.41) is 6.77. The van der Waals surface area contributed by atoms with Crippen LogP contribution in [0.3, 0.4) is 0 Å². The number of benzene rings is 1. The van der Waals surface area contributed by atoms with Crippen LogP contribution in [0.15, 0.2) is 21.1 Å². The van der Waals surface area contributed by atoms with E-state index in [0.717, 1.165) is 27.5 Å². The van der Waals surface area contributed by atoms with Crippen LogP contribution >= 0.6 is 43.5 Å². The van der Waals surface area contributed by atoms with Crippen LogP contribution in [0.2, 0.25) is 5.02 Å². The molecular weight excluding hydrogens is 383 g/mol. The van der Waals surface area contributed by atoms with Crippen LogP contribution in [0.4, 0.5) is 5.69 Å². The quantitative estimate of drug-likeness (QED) is 0.809. The molecule has 1 fully saturated rings. The second-order valence-corrected chi connectivity index (χ2v) is 6.54. The number of nitrogens with one attached hydrogen (secondary N) is 2. The molecular formula is C12H13Br2ClN2O. The minimum absolute atomic E-state index is 0.0197. The summed E-state index contributed by atoms with van der Waals surface area (Å²) < 4.78 is 1.65. The largest absolute Gasteiger partial charge is 0.372 e. The lowest BCUT2D eigenvalue weighted by atomic mass is 10.2. The van der Waals surface area contributed by atoms with E-state index in [2.05, 4.69) is 42.5 Å². The molecule has 0 bridgehead atoms. The molecule has 0 spiro atoms. The summed E-state index contributed by atoms with van der Waals surface area (Å²) in [5.74, 6) is 0.0197. The van der Waals surface area contributed by atoms with Crippen molar-refractivity contribution in [3.05, 3.63) is 26.1 Å². The van der Waals surface area contributed by atoms with E-state index >= 15 is 0 Å². The summed E-state index contributed by atoms with van der Waals surface area (Å²) in [6.07, 6.45) is 2.18. The van der Waals surface area contributed by atoms with Gasteiger partial charge in [0.15, 0.2) is 0 Å². The molecule has 98 valence electrons. The van der Waals surface area contributed by atoms with Gasteiger partial charge >= 0.3 is 0 Å². The van der Waals surface area contributed by atoms with E-state index in [4.69, 9.17) is 11.6 Å². The zero-order chi connectivity index (χ0) is 13.3. The van der Waals surface area contributed by atoms with Crippen molar-refractivity contribution in [3.63, 3.8) is 0 Å². The zero-order valence-electron chi connectivity index (χ0n) is 9.77. The molecule has 0 saturated heterocycles. The first-order valence-corrected chi connectivity index (χ1v) is 7.65. The molecule has 1 amide bonds. The van der Waals surface area contributed by atoms with Crippen molar-refractivity contribution in [1.82, 2.24) is 5.32 Å². The zero-order valence-corrected chi connectivity index (χ0v) is 13.7. The van der Waals surface area contributed by atoms with E-state index in [0.29, 0.717) is 11.1 Å². The molecule has 1 atom stereocenters. The van der Waals surface area contributed by atoms with Gasteiger partial charge in [-0.05, 0) is 63.8 Å². The number of amides is 1. The van der Waals surface area contributed by atoms with Gasteiger partial charge in [-0.1, -0.05) is 11.6 Å². The highest BCUT2D eigenvalue weighted by Crippen LogP contribution is 2.34. The molecule has 0 radical (unpaired) electrons. The highest BCUT2D eigenvalue weighted by Gasteiger charge is 2.26. The first kappa shape index (κ1) is 14.2. The molecule has 2 N–H and O–H groups in total. The number of halogens is 3. The number of rotatable bonds is 4. The van der Waals surface area contributed by atoms with Crippen LogP contribution in [0.1, 0.15) is 19.8 Å². The molecule has 0 aliphatic heterocycles. The summed E-state index contributed by atoms with van der Waals surface area (Å²) in [5.41, 5.74) is 0.831. The van der Waals surface area contributed by atoms with Gasteiger partial charge in [0, 0.05) is 20.0 Å². The summed E-state index contributed by atoms with van der Waals surface area (Å²) in [6, 6.07) is 3.67. The number of anilines is 1. The number of carbonyl (C=O) groups excluding carboxylic acids is 1. The number of carbonyl (C=O) groups is 1. The first-order valence-electron chi connectivity index (χ1n) is 5.69. The Morgan fingerprint density at radius 3 is 2.44 bits per heavy atom. The molecule has 0 aromatic heterocycles. The first-order chi connectivity index (χ1) is 8.47. The van der Waals surface area contributed by atoms with Crippen LogP contribution in [0.5, 0.6) is 0 Å². The van der Waals surface area contributed by atoms with Crippen molar-refractivity contribution >= 4 is 55.1 Å². The Bertz CT molecular complexity index is 454. The normalized spacial score (nSPS) is 16.2. The fraction of sp³-hybridized carbons (Fsp3) is 0.417. The van der Waals surface area contributed by atoms with E-state index in [1.165, 1.54) is 0 Å². The van der Waals surface area contributed by atoms with Gasteiger partial charge in [0.05, 0.1) is 5.69 Å². The topological polar surface area (TPSA) is 41.1 Å². The van der Waals surface area contributed by atoms with Crippen molar-refractivity contribution in [2.24, 2.45) is 0 Å². The van der Waals surface area contributed by atoms with E-state index in [1.807, 2.05) is 6.92 Å². The second kappa shape index (κ2) is 5.80. The van der Waals surface area contributed by atoms with Crippen LogP contribution < -0.4 is 10.6 Å². The summed E-state index contributed by atoms with van der Waals surface area (Å²) in [7, 11) is 0. The predicted octanol–water partition coefficient (Wildman–Crippen LogP) is 3.94. The summed E-state index contributed by atoms with van der Waals surface area (Å²) in [6.45, 7) is 1.84. The van der Waals surface area contributed by atoms with Gasteiger partial charge < -0.3 is 10.6 Å². The number of hydrogen-bond acceptors (Lipinski definition) is 2. The molecule has 18 heavy (non-hydrogen) atoms. The molecule has 1 aliphatic rings. The van der Waals surface area contributed by atoms with E-state index in [-0.39, 0.29) is 11.9 Å². The molecule has 1 aromatic carbocycles. The maximum absolute atomic E-state index is 11.9. The lowest BCUT2D eigenvalue weighted by Crippen LogP contribution is -2.38. The third kappa shape index (κ3) is 3.62. The van der Waals surface area contributed by atoms with Gasteiger partial charge in [0.1, 0.15) is 6.04 Å². The molecule has 1 unspecified atom stereocenters. The van der Waals surface area contributed by atoms with Crippen molar-refractivity contribution in [2.75, 3.05) is 5.32 Å².